The van der Waals surface area contributed by atoms with E-state index in [4.69, 9.17) is 5.73 Å². The van der Waals surface area contributed by atoms with Crippen LogP contribution in [-0.2, 0) is 4.79 Å². The molecule has 1 aliphatic rings. The molecule has 0 bridgehead atoms. The Morgan fingerprint density at radius 3 is 2.75 bits per heavy atom. The lowest BCUT2D eigenvalue weighted by atomic mass is 9.94. The summed E-state index contributed by atoms with van der Waals surface area (Å²) >= 11 is 0. The second-order valence-corrected chi connectivity index (χ2v) is 5.18. The van der Waals surface area contributed by atoms with E-state index in [9.17, 15) is 9.90 Å². The van der Waals surface area contributed by atoms with Crippen molar-refractivity contribution >= 4 is 18.3 Å². The molecular formula is C15H23ClN2O2. The zero-order valence-corrected chi connectivity index (χ0v) is 12.4. The van der Waals surface area contributed by atoms with E-state index in [2.05, 4.69) is 0 Å². The molecule has 0 radical (unpaired) electrons. The van der Waals surface area contributed by atoms with Gasteiger partial charge in [-0.2, -0.15) is 0 Å². The first-order chi connectivity index (χ1) is 9.22. The molecule has 0 saturated carbocycles. The van der Waals surface area contributed by atoms with E-state index in [0.717, 1.165) is 32.4 Å². The number of nitrogens with two attached hydrogens (primary N) is 1. The molecule has 1 aromatic carbocycles. The molecule has 0 aromatic heterocycles. The first-order valence-electron chi connectivity index (χ1n) is 6.94. The molecule has 1 aliphatic heterocycles. The number of carbonyl (C=O) groups excluding carboxylic acids is 1. The highest BCUT2D eigenvalue weighted by molar-refractivity contribution is 5.85. The second-order valence-electron chi connectivity index (χ2n) is 5.18. The van der Waals surface area contributed by atoms with E-state index in [1.165, 1.54) is 0 Å². The zero-order valence-electron chi connectivity index (χ0n) is 11.6. The molecule has 1 saturated heterocycles. The van der Waals surface area contributed by atoms with E-state index < -0.39 is 6.10 Å². The highest BCUT2D eigenvalue weighted by Gasteiger charge is 2.28. The maximum absolute atomic E-state index is 12.3. The lowest BCUT2D eigenvalue weighted by molar-refractivity contribution is -0.142. The Morgan fingerprint density at radius 1 is 1.40 bits per heavy atom. The van der Waals surface area contributed by atoms with Gasteiger partial charge in [0.25, 0.3) is 5.91 Å². The van der Waals surface area contributed by atoms with Gasteiger partial charge in [-0.05, 0) is 37.3 Å². The molecule has 1 aromatic rings. The number of likely N-dealkylation sites (tertiary alicyclic amines) is 1. The maximum Gasteiger partial charge on any atom is 0.256 e. The molecule has 2 atom stereocenters. The Hall–Kier alpha value is -1.10. The summed E-state index contributed by atoms with van der Waals surface area (Å²) in [5.74, 6) is 0.290. The number of benzene rings is 1. The fourth-order valence-electron chi connectivity index (χ4n) is 2.69. The quantitative estimate of drug-likeness (QED) is 0.889. The van der Waals surface area contributed by atoms with Crippen LogP contribution in [0.3, 0.4) is 0 Å². The lowest BCUT2D eigenvalue weighted by Crippen LogP contribution is -2.42. The Labute approximate surface area is 126 Å². The van der Waals surface area contributed by atoms with E-state index in [0.29, 0.717) is 18.0 Å². The van der Waals surface area contributed by atoms with Crippen molar-refractivity contribution in [3.05, 3.63) is 35.9 Å². The van der Waals surface area contributed by atoms with E-state index in [1.54, 1.807) is 17.0 Å². The van der Waals surface area contributed by atoms with Gasteiger partial charge in [-0.3, -0.25) is 4.79 Å². The van der Waals surface area contributed by atoms with Gasteiger partial charge in [-0.15, -0.1) is 12.4 Å². The van der Waals surface area contributed by atoms with Crippen molar-refractivity contribution in [1.82, 2.24) is 4.90 Å². The van der Waals surface area contributed by atoms with Gasteiger partial charge in [0.1, 0.15) is 0 Å². The van der Waals surface area contributed by atoms with Gasteiger partial charge >= 0.3 is 0 Å². The first-order valence-corrected chi connectivity index (χ1v) is 6.94. The molecule has 4 nitrogen and oxygen atoms in total. The lowest BCUT2D eigenvalue weighted by Gasteiger charge is -2.34. The minimum Gasteiger partial charge on any atom is -0.378 e. The Kier molecular flexibility index (Phi) is 6.99. The fourth-order valence-corrected chi connectivity index (χ4v) is 2.69. The number of piperidine rings is 1. The summed E-state index contributed by atoms with van der Waals surface area (Å²) in [6.45, 7) is 2.12. The Balaban J connectivity index is 0.00000200. The third kappa shape index (κ3) is 4.20. The predicted molar refractivity (Wildman–Crippen MR) is 81.6 cm³/mol. The van der Waals surface area contributed by atoms with Crippen LogP contribution in [0.1, 0.15) is 30.9 Å². The monoisotopic (exact) mass is 298 g/mol. The summed E-state index contributed by atoms with van der Waals surface area (Å²) in [6.07, 6.45) is 2.03. The SMILES string of the molecule is Cl.NCCC1CCCN(C(=O)C(O)c2ccccc2)C1. The van der Waals surface area contributed by atoms with E-state index in [-0.39, 0.29) is 18.3 Å². The van der Waals surface area contributed by atoms with Gasteiger partial charge in [0, 0.05) is 13.1 Å². The van der Waals surface area contributed by atoms with Crippen molar-refractivity contribution in [1.29, 1.82) is 0 Å². The molecule has 3 N–H and O–H groups in total. The third-order valence-corrected chi connectivity index (χ3v) is 3.75. The van der Waals surface area contributed by atoms with E-state index >= 15 is 0 Å². The molecular weight excluding hydrogens is 276 g/mol. The molecule has 2 rings (SSSR count). The van der Waals surface area contributed by atoms with Crippen LogP contribution in [0, 0.1) is 5.92 Å². The van der Waals surface area contributed by atoms with Gasteiger partial charge < -0.3 is 15.7 Å². The number of halogens is 1. The summed E-state index contributed by atoms with van der Waals surface area (Å²) in [4.78, 5) is 14.1. The van der Waals surface area contributed by atoms with Crippen LogP contribution in [0.15, 0.2) is 30.3 Å². The van der Waals surface area contributed by atoms with Crippen molar-refractivity contribution in [2.75, 3.05) is 19.6 Å². The first kappa shape index (κ1) is 17.0. The van der Waals surface area contributed by atoms with Crippen LogP contribution in [-0.4, -0.2) is 35.5 Å². The van der Waals surface area contributed by atoms with Crippen molar-refractivity contribution in [2.45, 2.75) is 25.4 Å². The topological polar surface area (TPSA) is 66.6 Å². The van der Waals surface area contributed by atoms with Crippen molar-refractivity contribution in [2.24, 2.45) is 11.7 Å². The summed E-state index contributed by atoms with van der Waals surface area (Å²) in [7, 11) is 0. The number of hydrogen-bond donors (Lipinski definition) is 2. The van der Waals surface area contributed by atoms with Crippen LogP contribution in [0.25, 0.3) is 0 Å². The molecule has 20 heavy (non-hydrogen) atoms. The van der Waals surface area contributed by atoms with Crippen molar-refractivity contribution in [3.63, 3.8) is 0 Å². The Bertz CT molecular complexity index is 412. The summed E-state index contributed by atoms with van der Waals surface area (Å²) in [6, 6.07) is 9.10. The smallest absolute Gasteiger partial charge is 0.256 e. The van der Waals surface area contributed by atoms with Gasteiger partial charge in [-0.1, -0.05) is 30.3 Å². The molecule has 2 unspecified atom stereocenters. The normalized spacial score (nSPS) is 20.1. The molecule has 5 heteroatoms. The van der Waals surface area contributed by atoms with Crippen molar-refractivity contribution < 1.29 is 9.90 Å². The number of amides is 1. The molecule has 1 heterocycles. The number of aliphatic hydroxyl groups excluding tert-OH is 1. The average molecular weight is 299 g/mol. The average Bonchev–Trinajstić information content (AvgIpc) is 2.47. The van der Waals surface area contributed by atoms with Gasteiger partial charge in [-0.25, -0.2) is 0 Å². The number of aliphatic hydroxyl groups is 1. The van der Waals surface area contributed by atoms with Crippen LogP contribution in [0.5, 0.6) is 0 Å². The largest absolute Gasteiger partial charge is 0.378 e. The maximum atomic E-state index is 12.3. The molecule has 0 spiro atoms. The van der Waals surface area contributed by atoms with Gasteiger partial charge in [0.2, 0.25) is 0 Å². The molecule has 0 aliphatic carbocycles. The number of nitrogens with zero attached hydrogens (tertiary/aromatic N) is 1. The minimum absolute atomic E-state index is 0. The van der Waals surface area contributed by atoms with Gasteiger partial charge in [0.05, 0.1) is 0 Å². The number of hydrogen-bond acceptors (Lipinski definition) is 3. The number of rotatable bonds is 4. The highest BCUT2D eigenvalue weighted by Crippen LogP contribution is 2.23. The summed E-state index contributed by atoms with van der Waals surface area (Å²) in [5.41, 5.74) is 6.24. The van der Waals surface area contributed by atoms with Gasteiger partial charge in [0.15, 0.2) is 6.10 Å². The number of carbonyl (C=O) groups is 1. The molecule has 112 valence electrons. The van der Waals surface area contributed by atoms with Crippen LogP contribution >= 0.6 is 12.4 Å². The second kappa shape index (κ2) is 8.25. The standard InChI is InChI=1S/C15H22N2O2.ClH/c16-9-8-12-5-4-10-17(11-12)15(19)14(18)13-6-2-1-3-7-13;/h1-3,6-7,12,14,18H,4-5,8-11,16H2;1H. The van der Waals surface area contributed by atoms with Crippen LogP contribution in [0.2, 0.25) is 0 Å². The zero-order chi connectivity index (χ0) is 13.7. The van der Waals surface area contributed by atoms with E-state index in [1.807, 2.05) is 18.2 Å². The summed E-state index contributed by atoms with van der Waals surface area (Å²) < 4.78 is 0. The minimum atomic E-state index is -1.04. The molecule has 1 fully saturated rings. The highest BCUT2D eigenvalue weighted by atomic mass is 35.5. The van der Waals surface area contributed by atoms with Crippen LogP contribution < -0.4 is 5.73 Å². The Morgan fingerprint density at radius 2 is 2.10 bits per heavy atom. The summed E-state index contributed by atoms with van der Waals surface area (Å²) in [5, 5.41) is 10.1. The van der Waals surface area contributed by atoms with Crippen molar-refractivity contribution in [3.8, 4) is 0 Å². The predicted octanol–water partition coefficient (Wildman–Crippen LogP) is 1.73. The third-order valence-electron chi connectivity index (χ3n) is 3.75. The fraction of sp³-hybridized carbons (Fsp3) is 0.533. The molecule has 1 amide bonds. The van der Waals surface area contributed by atoms with Crippen LogP contribution in [0.4, 0.5) is 0 Å².